The van der Waals surface area contributed by atoms with Crippen LogP contribution in [0.5, 0.6) is 0 Å². The van der Waals surface area contributed by atoms with E-state index in [9.17, 15) is 0 Å². The van der Waals surface area contributed by atoms with Crippen molar-refractivity contribution in [2.24, 2.45) is 0 Å². The van der Waals surface area contributed by atoms with Gasteiger partial charge in [-0.15, -0.1) is 0 Å². The molecular weight excluding hydrogens is 522 g/mol. The van der Waals surface area contributed by atoms with E-state index in [0.717, 1.165) is 22.0 Å². The van der Waals surface area contributed by atoms with Crippen LogP contribution in [-0.4, -0.2) is 13.1 Å². The molecule has 0 atom stereocenters. The maximum absolute atomic E-state index is 3.71. The van der Waals surface area contributed by atoms with Crippen LogP contribution in [0.15, 0.2) is 106 Å². The zero-order valence-electron chi connectivity index (χ0n) is 18.4. The maximum Gasteiger partial charge on any atom is 0.0714 e. The first-order chi connectivity index (χ1) is 15.6. The number of rotatable bonds is 4. The summed E-state index contributed by atoms with van der Waals surface area (Å²) in [5.74, 6) is 0. The monoisotopic (exact) mass is 547 g/mol. The van der Waals surface area contributed by atoms with Crippen molar-refractivity contribution in [3.8, 4) is 11.1 Å². The molecule has 3 heteroatoms. The Bertz CT molecular complexity index is 1090. The van der Waals surface area contributed by atoms with Gasteiger partial charge in [0.2, 0.25) is 0 Å². The first kappa shape index (κ1) is 23.0. The highest BCUT2D eigenvalue weighted by Crippen LogP contribution is 2.56. The molecule has 0 heterocycles. The molecule has 4 aromatic rings. The van der Waals surface area contributed by atoms with Crippen LogP contribution in [0.1, 0.15) is 36.1 Å². The van der Waals surface area contributed by atoms with Crippen LogP contribution in [0.2, 0.25) is 0 Å². The van der Waals surface area contributed by atoms with Gasteiger partial charge in [-0.3, -0.25) is 0 Å². The molecule has 0 aromatic heterocycles. The van der Waals surface area contributed by atoms with Crippen LogP contribution in [0.3, 0.4) is 0 Å². The Morgan fingerprint density at radius 1 is 0.594 bits per heavy atom. The van der Waals surface area contributed by atoms with E-state index in [2.05, 4.69) is 148 Å². The predicted octanol–water partition coefficient (Wildman–Crippen LogP) is 8.19. The number of benzene rings is 4. The minimum Gasteiger partial charge on any atom is -0.317 e. The van der Waals surface area contributed by atoms with Crippen LogP contribution in [0.25, 0.3) is 11.1 Å². The molecule has 0 aliphatic heterocycles. The number of nitrogens with one attached hydrogen (secondary N) is 1. The molecule has 32 heavy (non-hydrogen) atoms. The molecule has 4 aromatic carbocycles. The van der Waals surface area contributed by atoms with Crippen molar-refractivity contribution in [1.82, 2.24) is 5.32 Å². The molecule has 1 nitrogen and oxygen atoms in total. The summed E-state index contributed by atoms with van der Waals surface area (Å²) in [6.45, 7) is 6.39. The quantitative estimate of drug-likeness (QED) is 0.238. The molecule has 5 rings (SSSR count). The van der Waals surface area contributed by atoms with Gasteiger partial charge in [-0.05, 0) is 70.7 Å². The second kappa shape index (κ2) is 10.2. The molecule has 0 spiro atoms. The van der Waals surface area contributed by atoms with E-state index in [1.54, 1.807) is 0 Å². The summed E-state index contributed by atoms with van der Waals surface area (Å²) >= 11 is 7.42. The lowest BCUT2D eigenvalue weighted by molar-refractivity contribution is 0.762. The third kappa shape index (κ3) is 4.10. The average Bonchev–Trinajstić information content (AvgIpc) is 3.10. The van der Waals surface area contributed by atoms with E-state index >= 15 is 0 Å². The second-order valence-electron chi connectivity index (χ2n) is 7.82. The fourth-order valence-electron chi connectivity index (χ4n) is 4.68. The lowest BCUT2D eigenvalue weighted by atomic mass is 9.68. The molecule has 0 unspecified atom stereocenters. The van der Waals surface area contributed by atoms with Gasteiger partial charge in [-0.2, -0.15) is 0 Å². The van der Waals surface area contributed by atoms with Gasteiger partial charge in [-0.1, -0.05) is 119 Å². The Hall–Kier alpha value is -2.20. The van der Waals surface area contributed by atoms with Gasteiger partial charge in [0.25, 0.3) is 0 Å². The van der Waals surface area contributed by atoms with Gasteiger partial charge < -0.3 is 5.32 Å². The van der Waals surface area contributed by atoms with E-state index in [-0.39, 0.29) is 5.41 Å². The van der Waals surface area contributed by atoms with Crippen LogP contribution < -0.4 is 5.32 Å². The molecule has 162 valence electrons. The molecule has 0 amide bonds. The van der Waals surface area contributed by atoms with Crippen molar-refractivity contribution >= 4 is 31.9 Å². The Morgan fingerprint density at radius 2 is 1.00 bits per heavy atom. The number of hydrogen-bond acceptors (Lipinski definition) is 1. The van der Waals surface area contributed by atoms with Crippen LogP contribution >= 0.6 is 31.9 Å². The van der Waals surface area contributed by atoms with Crippen molar-refractivity contribution in [1.29, 1.82) is 0 Å². The van der Waals surface area contributed by atoms with E-state index in [1.807, 2.05) is 0 Å². The largest absolute Gasteiger partial charge is 0.317 e. The fourth-order valence-corrected chi connectivity index (χ4v) is 5.41. The van der Waals surface area contributed by atoms with Crippen LogP contribution in [0.4, 0.5) is 0 Å². The zero-order chi connectivity index (χ0) is 22.6. The topological polar surface area (TPSA) is 12.0 Å². The Morgan fingerprint density at radius 3 is 1.34 bits per heavy atom. The summed E-state index contributed by atoms with van der Waals surface area (Å²) in [5, 5.41) is 3.11. The number of halogens is 2. The lowest BCUT2D eigenvalue weighted by Gasteiger charge is -2.34. The van der Waals surface area contributed by atoms with Crippen molar-refractivity contribution in [3.63, 3.8) is 0 Å². The van der Waals surface area contributed by atoms with Gasteiger partial charge in [0.1, 0.15) is 0 Å². The summed E-state index contributed by atoms with van der Waals surface area (Å²) < 4.78 is 2.20. The van der Waals surface area contributed by atoms with E-state index < -0.39 is 0 Å². The van der Waals surface area contributed by atoms with Crippen molar-refractivity contribution in [2.75, 3.05) is 13.1 Å². The molecule has 0 fully saturated rings. The Kier molecular flexibility index (Phi) is 7.30. The summed E-state index contributed by atoms with van der Waals surface area (Å²) in [7, 11) is 0. The molecular formula is C29H27Br2N. The molecule has 0 saturated heterocycles. The molecule has 1 aliphatic carbocycles. The van der Waals surface area contributed by atoms with Gasteiger partial charge in [0.15, 0.2) is 0 Å². The minimum absolute atomic E-state index is 0.333. The summed E-state index contributed by atoms with van der Waals surface area (Å²) in [6, 6.07) is 35.0. The van der Waals surface area contributed by atoms with Crippen molar-refractivity contribution < 1.29 is 0 Å². The lowest BCUT2D eigenvalue weighted by Crippen LogP contribution is -2.28. The first-order valence-corrected chi connectivity index (χ1v) is 12.6. The normalized spacial score (nSPS) is 13.0. The van der Waals surface area contributed by atoms with Crippen molar-refractivity contribution in [2.45, 2.75) is 19.3 Å². The molecule has 1 N–H and O–H groups in total. The van der Waals surface area contributed by atoms with Crippen LogP contribution in [0, 0.1) is 0 Å². The second-order valence-corrected chi connectivity index (χ2v) is 9.65. The minimum atomic E-state index is -0.333. The third-order valence-electron chi connectivity index (χ3n) is 5.98. The Balaban J connectivity index is 0.000000444. The smallest absolute Gasteiger partial charge is 0.0714 e. The Labute approximate surface area is 208 Å². The highest BCUT2D eigenvalue weighted by molar-refractivity contribution is 9.10. The van der Waals surface area contributed by atoms with E-state index in [4.69, 9.17) is 0 Å². The van der Waals surface area contributed by atoms with Gasteiger partial charge in [-0.25, -0.2) is 0 Å². The molecule has 0 radical (unpaired) electrons. The standard InChI is InChI=1S/C25H16Br2.C4H11N/c26-19-11-13-21-22-14-12-20(27)16-24(22)25(23(21)15-19,17-7-3-1-4-8-17)18-9-5-2-6-10-18;1-3-5-4-2/h1-16H;5H,3-4H2,1-2H3. The van der Waals surface area contributed by atoms with Gasteiger partial charge in [0, 0.05) is 8.95 Å². The molecule has 0 bridgehead atoms. The zero-order valence-corrected chi connectivity index (χ0v) is 21.6. The van der Waals surface area contributed by atoms with Gasteiger partial charge >= 0.3 is 0 Å². The SMILES string of the molecule is Brc1ccc2c(c1)C(c1ccccc1)(c1ccccc1)c1cc(Br)ccc1-2.CCNCC. The number of hydrogen-bond donors (Lipinski definition) is 1. The average molecular weight is 549 g/mol. The molecule has 0 saturated carbocycles. The van der Waals surface area contributed by atoms with E-state index in [1.165, 1.54) is 33.4 Å². The van der Waals surface area contributed by atoms with Gasteiger partial charge in [0.05, 0.1) is 5.41 Å². The maximum atomic E-state index is 3.71. The number of fused-ring (bicyclic) bond motifs is 3. The summed E-state index contributed by atoms with van der Waals surface area (Å²) in [5.41, 5.74) is 7.48. The summed E-state index contributed by atoms with van der Waals surface area (Å²) in [4.78, 5) is 0. The highest BCUT2D eigenvalue weighted by atomic mass is 79.9. The first-order valence-electron chi connectivity index (χ1n) is 11.0. The molecule has 1 aliphatic rings. The van der Waals surface area contributed by atoms with Crippen LogP contribution in [-0.2, 0) is 5.41 Å². The van der Waals surface area contributed by atoms with Crippen molar-refractivity contribution in [3.05, 3.63) is 128 Å². The highest BCUT2D eigenvalue weighted by Gasteiger charge is 2.46. The van der Waals surface area contributed by atoms with E-state index in [0.29, 0.717) is 0 Å². The third-order valence-corrected chi connectivity index (χ3v) is 6.96. The fraction of sp³-hybridized carbons (Fsp3) is 0.172. The predicted molar refractivity (Wildman–Crippen MR) is 143 cm³/mol. The summed E-state index contributed by atoms with van der Waals surface area (Å²) in [6.07, 6.45) is 0.